The maximum Gasteiger partial charge on any atom is 0.416 e. The Kier molecular flexibility index (Phi) is 8.00. The number of halogens is 3. The van der Waals surface area contributed by atoms with Gasteiger partial charge in [0.25, 0.3) is 0 Å². The second kappa shape index (κ2) is 9.88. The summed E-state index contributed by atoms with van der Waals surface area (Å²) < 4.78 is 64.9. The molecule has 0 aliphatic rings. The van der Waals surface area contributed by atoms with Crippen molar-refractivity contribution < 1.29 is 31.8 Å². The second-order valence-electron chi connectivity index (χ2n) is 7.11. The number of rotatable bonds is 9. The SMILES string of the molecule is C[C@@H](O)CN(C[C@@H](O)[C@@H](N)Cc1ccccc1)S(=O)(=O)c1ccc(C(F)(F)F)cc1. The van der Waals surface area contributed by atoms with Crippen LogP contribution >= 0.6 is 0 Å². The lowest BCUT2D eigenvalue weighted by molar-refractivity contribution is -0.137. The molecular weight excluding hydrogens is 421 g/mol. The third-order valence-corrected chi connectivity index (χ3v) is 6.33. The van der Waals surface area contributed by atoms with Crippen LogP contribution in [-0.4, -0.2) is 54.3 Å². The number of hydrogen-bond acceptors (Lipinski definition) is 5. The minimum atomic E-state index is -4.60. The van der Waals surface area contributed by atoms with Crippen LogP contribution in [0.25, 0.3) is 0 Å². The van der Waals surface area contributed by atoms with Crippen LogP contribution in [0.15, 0.2) is 59.5 Å². The molecule has 2 rings (SSSR count). The first-order valence-electron chi connectivity index (χ1n) is 9.24. The molecule has 0 fully saturated rings. The van der Waals surface area contributed by atoms with Crippen LogP contribution in [-0.2, 0) is 22.6 Å². The van der Waals surface area contributed by atoms with Crippen molar-refractivity contribution in [2.45, 2.75) is 42.7 Å². The Hall–Kier alpha value is -1.98. The third kappa shape index (κ3) is 6.51. The van der Waals surface area contributed by atoms with Gasteiger partial charge in [-0.2, -0.15) is 17.5 Å². The molecule has 0 saturated heterocycles. The fraction of sp³-hybridized carbons (Fsp3) is 0.400. The van der Waals surface area contributed by atoms with Gasteiger partial charge in [0.2, 0.25) is 10.0 Å². The zero-order chi connectivity index (χ0) is 22.5. The van der Waals surface area contributed by atoms with Gasteiger partial charge in [-0.3, -0.25) is 0 Å². The topological polar surface area (TPSA) is 104 Å². The van der Waals surface area contributed by atoms with E-state index in [0.29, 0.717) is 18.6 Å². The minimum Gasteiger partial charge on any atom is -0.392 e. The van der Waals surface area contributed by atoms with E-state index < -0.39 is 46.6 Å². The third-order valence-electron chi connectivity index (χ3n) is 4.49. The molecule has 30 heavy (non-hydrogen) atoms. The first-order chi connectivity index (χ1) is 13.9. The lowest BCUT2D eigenvalue weighted by Gasteiger charge is -2.28. The molecule has 6 nitrogen and oxygen atoms in total. The molecule has 0 radical (unpaired) electrons. The van der Waals surface area contributed by atoms with Gasteiger partial charge in [0.05, 0.1) is 22.7 Å². The minimum absolute atomic E-state index is 0.296. The monoisotopic (exact) mass is 446 g/mol. The van der Waals surface area contributed by atoms with Crippen LogP contribution in [0.3, 0.4) is 0 Å². The maximum absolute atomic E-state index is 12.9. The zero-order valence-electron chi connectivity index (χ0n) is 16.3. The highest BCUT2D eigenvalue weighted by Crippen LogP contribution is 2.30. The number of nitrogens with zero attached hydrogens (tertiary/aromatic N) is 1. The summed E-state index contributed by atoms with van der Waals surface area (Å²) in [6.07, 6.45) is -6.62. The molecular formula is C20H25F3N2O4S. The van der Waals surface area contributed by atoms with Crippen molar-refractivity contribution in [1.29, 1.82) is 0 Å². The Bertz CT molecular complexity index is 904. The van der Waals surface area contributed by atoms with E-state index in [-0.39, 0.29) is 11.4 Å². The Balaban J connectivity index is 2.20. The van der Waals surface area contributed by atoms with Crippen LogP contribution < -0.4 is 5.73 Å². The van der Waals surface area contributed by atoms with Crippen LogP contribution in [0.4, 0.5) is 13.2 Å². The van der Waals surface area contributed by atoms with Gasteiger partial charge in [-0.15, -0.1) is 0 Å². The zero-order valence-corrected chi connectivity index (χ0v) is 17.1. The van der Waals surface area contributed by atoms with Crippen molar-refractivity contribution in [2.24, 2.45) is 5.73 Å². The molecule has 0 amide bonds. The maximum atomic E-state index is 12.9. The number of hydrogen-bond donors (Lipinski definition) is 3. The highest BCUT2D eigenvalue weighted by Gasteiger charge is 2.33. The number of aliphatic hydroxyl groups is 2. The first-order valence-corrected chi connectivity index (χ1v) is 10.7. The van der Waals surface area contributed by atoms with Crippen molar-refractivity contribution in [1.82, 2.24) is 4.31 Å². The summed E-state index contributed by atoms with van der Waals surface area (Å²) in [6.45, 7) is 0.603. The summed E-state index contributed by atoms with van der Waals surface area (Å²) in [4.78, 5) is -0.375. The van der Waals surface area contributed by atoms with Crippen LogP contribution in [0, 0.1) is 0 Å². The molecule has 0 aliphatic carbocycles. The number of sulfonamides is 1. The standard InChI is InChI=1S/C20H25F3N2O4S/c1-14(26)12-25(13-19(27)18(24)11-15-5-3-2-4-6-15)30(28,29)17-9-7-16(8-10-17)20(21,22)23/h2-10,14,18-19,26-27H,11-13,24H2,1H3/t14-,18+,19-/m1/s1. The van der Waals surface area contributed by atoms with E-state index in [1.54, 1.807) is 0 Å². The predicted molar refractivity (Wildman–Crippen MR) is 106 cm³/mol. The van der Waals surface area contributed by atoms with Crippen LogP contribution in [0.1, 0.15) is 18.1 Å². The number of nitrogens with two attached hydrogens (primary N) is 1. The number of aliphatic hydroxyl groups excluding tert-OH is 2. The van der Waals surface area contributed by atoms with Crippen molar-refractivity contribution in [3.8, 4) is 0 Å². The molecule has 0 aromatic heterocycles. The molecule has 0 aliphatic heterocycles. The summed E-state index contributed by atoms with van der Waals surface area (Å²) in [5.41, 5.74) is 5.90. The Labute approximate surface area is 173 Å². The van der Waals surface area contributed by atoms with Crippen molar-refractivity contribution in [2.75, 3.05) is 13.1 Å². The molecule has 2 aromatic carbocycles. The molecule has 4 N–H and O–H groups in total. The summed E-state index contributed by atoms with van der Waals surface area (Å²) in [7, 11) is -4.27. The molecule has 0 unspecified atom stereocenters. The highest BCUT2D eigenvalue weighted by molar-refractivity contribution is 7.89. The van der Waals surface area contributed by atoms with Crippen molar-refractivity contribution in [3.63, 3.8) is 0 Å². The Morgan fingerprint density at radius 3 is 2.07 bits per heavy atom. The summed E-state index contributed by atoms with van der Waals surface area (Å²) in [5.74, 6) is 0. The molecule has 2 aromatic rings. The van der Waals surface area contributed by atoms with Gasteiger partial charge < -0.3 is 15.9 Å². The van der Waals surface area contributed by atoms with E-state index in [1.807, 2.05) is 30.3 Å². The largest absolute Gasteiger partial charge is 0.416 e. The molecule has 10 heteroatoms. The van der Waals surface area contributed by atoms with Crippen LogP contribution in [0.5, 0.6) is 0 Å². The summed E-state index contributed by atoms with van der Waals surface area (Å²) >= 11 is 0. The Morgan fingerprint density at radius 2 is 1.57 bits per heavy atom. The van der Waals surface area contributed by atoms with E-state index in [2.05, 4.69) is 0 Å². The first kappa shape index (κ1) is 24.3. The van der Waals surface area contributed by atoms with Gasteiger partial charge in [-0.25, -0.2) is 8.42 Å². The van der Waals surface area contributed by atoms with Gasteiger partial charge in [-0.1, -0.05) is 30.3 Å². The normalized spacial score (nSPS) is 15.7. The average molecular weight is 446 g/mol. The van der Waals surface area contributed by atoms with E-state index >= 15 is 0 Å². The van der Waals surface area contributed by atoms with Crippen molar-refractivity contribution >= 4 is 10.0 Å². The molecule has 166 valence electrons. The second-order valence-corrected chi connectivity index (χ2v) is 9.05. The molecule has 0 heterocycles. The average Bonchev–Trinajstić information content (AvgIpc) is 2.67. The van der Waals surface area contributed by atoms with E-state index in [9.17, 15) is 31.8 Å². The predicted octanol–water partition coefficient (Wildman–Crippen LogP) is 2.01. The number of alkyl halides is 3. The van der Waals surface area contributed by atoms with Gasteiger partial charge >= 0.3 is 6.18 Å². The van der Waals surface area contributed by atoms with E-state index in [0.717, 1.165) is 22.0 Å². The fourth-order valence-electron chi connectivity index (χ4n) is 2.90. The summed E-state index contributed by atoms with van der Waals surface area (Å²) in [5, 5.41) is 20.2. The van der Waals surface area contributed by atoms with Gasteiger partial charge in [0, 0.05) is 19.1 Å². The van der Waals surface area contributed by atoms with Crippen LogP contribution in [0.2, 0.25) is 0 Å². The highest BCUT2D eigenvalue weighted by atomic mass is 32.2. The van der Waals surface area contributed by atoms with E-state index in [1.165, 1.54) is 6.92 Å². The van der Waals surface area contributed by atoms with Gasteiger partial charge in [0.1, 0.15) is 0 Å². The fourth-order valence-corrected chi connectivity index (χ4v) is 4.44. The van der Waals surface area contributed by atoms with E-state index in [4.69, 9.17) is 5.73 Å². The van der Waals surface area contributed by atoms with Gasteiger partial charge in [-0.05, 0) is 43.2 Å². The Morgan fingerprint density at radius 1 is 1.00 bits per heavy atom. The quantitative estimate of drug-likeness (QED) is 0.547. The molecule has 0 bridgehead atoms. The molecule has 3 atom stereocenters. The van der Waals surface area contributed by atoms with Crippen molar-refractivity contribution in [3.05, 3.63) is 65.7 Å². The lowest BCUT2D eigenvalue weighted by atomic mass is 10.0. The lowest BCUT2D eigenvalue weighted by Crippen LogP contribution is -2.48. The smallest absolute Gasteiger partial charge is 0.392 e. The number of benzene rings is 2. The summed E-state index contributed by atoms with van der Waals surface area (Å²) in [6, 6.07) is 11.3. The molecule has 0 spiro atoms. The molecule has 0 saturated carbocycles. The van der Waals surface area contributed by atoms with Gasteiger partial charge in [0.15, 0.2) is 0 Å².